The van der Waals surface area contributed by atoms with E-state index in [-0.39, 0.29) is 18.1 Å². The van der Waals surface area contributed by atoms with Gasteiger partial charge in [-0.05, 0) is 48.0 Å². The summed E-state index contributed by atoms with van der Waals surface area (Å²) >= 11 is 0. The summed E-state index contributed by atoms with van der Waals surface area (Å²) in [4.78, 5) is 12.0. The molecule has 1 aromatic heterocycles. The van der Waals surface area contributed by atoms with E-state index in [1.165, 1.54) is 60.7 Å². The van der Waals surface area contributed by atoms with Crippen molar-refractivity contribution >= 4 is 0 Å². The zero-order valence-corrected chi connectivity index (χ0v) is 13.9. The van der Waals surface area contributed by atoms with Crippen molar-refractivity contribution in [3.63, 3.8) is 0 Å². The molecule has 1 unspecified atom stereocenters. The number of hydrogen-bond acceptors (Lipinski definition) is 4. The van der Waals surface area contributed by atoms with Crippen molar-refractivity contribution in [1.82, 2.24) is 9.78 Å². The van der Waals surface area contributed by atoms with Crippen LogP contribution in [0.3, 0.4) is 0 Å². The van der Waals surface area contributed by atoms with Crippen LogP contribution in [-0.2, 0) is 6.54 Å². The van der Waals surface area contributed by atoms with Crippen molar-refractivity contribution in [2.24, 2.45) is 0 Å². The van der Waals surface area contributed by atoms with Crippen molar-refractivity contribution in [3.8, 4) is 17.0 Å². The number of aliphatic hydroxyl groups excluding tert-OH is 1. The standard InChI is InChI=1S/C19H15F3N2O3/c20-14-5-1-12(2-6-14)16-9-10-18(26)24(23-16)11-17(25)13-3-7-15(8-4-13)27-19(21)22/h1-10,17,19,25H,11H2. The fourth-order valence-electron chi connectivity index (χ4n) is 2.49. The highest BCUT2D eigenvalue weighted by atomic mass is 19.3. The van der Waals surface area contributed by atoms with E-state index in [1.54, 1.807) is 0 Å². The molecular weight excluding hydrogens is 361 g/mol. The first kappa shape index (κ1) is 18.7. The molecule has 140 valence electrons. The number of aliphatic hydroxyl groups is 1. The number of nitrogens with zero attached hydrogens (tertiary/aromatic N) is 2. The van der Waals surface area contributed by atoms with Crippen LogP contribution in [0.2, 0.25) is 0 Å². The fraction of sp³-hybridized carbons (Fsp3) is 0.158. The molecule has 1 atom stereocenters. The first-order valence-electron chi connectivity index (χ1n) is 7.99. The number of halogens is 3. The average molecular weight is 376 g/mol. The second-order valence-corrected chi connectivity index (χ2v) is 5.71. The van der Waals surface area contributed by atoms with Crippen LogP contribution in [0.25, 0.3) is 11.3 Å². The SMILES string of the molecule is O=c1ccc(-c2ccc(F)cc2)nn1CC(O)c1ccc(OC(F)F)cc1. The van der Waals surface area contributed by atoms with Crippen LogP contribution in [0.15, 0.2) is 65.5 Å². The molecule has 5 nitrogen and oxygen atoms in total. The first-order chi connectivity index (χ1) is 12.9. The summed E-state index contributed by atoms with van der Waals surface area (Å²) in [6, 6.07) is 13.9. The lowest BCUT2D eigenvalue weighted by Crippen LogP contribution is -2.25. The molecular formula is C19H15F3N2O3. The van der Waals surface area contributed by atoms with Gasteiger partial charge < -0.3 is 9.84 Å². The molecule has 0 spiro atoms. The third-order valence-corrected chi connectivity index (χ3v) is 3.84. The van der Waals surface area contributed by atoms with Gasteiger partial charge in [-0.2, -0.15) is 13.9 Å². The Bertz CT molecular complexity index is 957. The molecule has 8 heteroatoms. The number of aromatic nitrogens is 2. The molecule has 1 heterocycles. The van der Waals surface area contributed by atoms with Gasteiger partial charge in [0.2, 0.25) is 0 Å². The summed E-state index contributed by atoms with van der Waals surface area (Å²) in [5, 5.41) is 14.5. The topological polar surface area (TPSA) is 64.4 Å². The molecule has 0 amide bonds. The van der Waals surface area contributed by atoms with Crippen LogP contribution < -0.4 is 10.3 Å². The number of ether oxygens (including phenoxy) is 1. The van der Waals surface area contributed by atoms with Crippen molar-refractivity contribution in [1.29, 1.82) is 0 Å². The van der Waals surface area contributed by atoms with Gasteiger partial charge in [0.05, 0.1) is 18.3 Å². The molecule has 27 heavy (non-hydrogen) atoms. The van der Waals surface area contributed by atoms with Crippen LogP contribution in [-0.4, -0.2) is 21.5 Å². The Morgan fingerprint density at radius 2 is 1.67 bits per heavy atom. The van der Waals surface area contributed by atoms with Crippen LogP contribution >= 0.6 is 0 Å². The zero-order chi connectivity index (χ0) is 19.4. The summed E-state index contributed by atoms with van der Waals surface area (Å²) in [6.45, 7) is -3.07. The maximum atomic E-state index is 13.0. The highest BCUT2D eigenvalue weighted by Crippen LogP contribution is 2.21. The van der Waals surface area contributed by atoms with Gasteiger partial charge in [-0.25, -0.2) is 9.07 Å². The van der Waals surface area contributed by atoms with Gasteiger partial charge in [0.1, 0.15) is 11.6 Å². The van der Waals surface area contributed by atoms with E-state index in [9.17, 15) is 23.1 Å². The van der Waals surface area contributed by atoms with E-state index in [2.05, 4.69) is 9.84 Å². The third kappa shape index (κ3) is 4.73. The zero-order valence-electron chi connectivity index (χ0n) is 13.9. The first-order valence-corrected chi connectivity index (χ1v) is 7.99. The lowest BCUT2D eigenvalue weighted by molar-refractivity contribution is -0.0498. The van der Waals surface area contributed by atoms with Gasteiger partial charge in [-0.3, -0.25) is 4.79 Å². The highest BCUT2D eigenvalue weighted by molar-refractivity contribution is 5.57. The Morgan fingerprint density at radius 3 is 2.30 bits per heavy atom. The van der Waals surface area contributed by atoms with Crippen LogP contribution in [0.4, 0.5) is 13.2 Å². The molecule has 0 radical (unpaired) electrons. The van der Waals surface area contributed by atoms with Gasteiger partial charge in [0.15, 0.2) is 0 Å². The monoisotopic (exact) mass is 376 g/mol. The summed E-state index contributed by atoms with van der Waals surface area (Å²) in [5.74, 6) is -0.420. The molecule has 0 fully saturated rings. The molecule has 0 aliphatic heterocycles. The summed E-state index contributed by atoms with van der Waals surface area (Å²) < 4.78 is 42.7. The van der Waals surface area contributed by atoms with Crippen LogP contribution in [0.1, 0.15) is 11.7 Å². The van der Waals surface area contributed by atoms with Crippen molar-refractivity contribution < 1.29 is 23.0 Å². The molecule has 0 aliphatic rings. The van der Waals surface area contributed by atoms with E-state index < -0.39 is 18.3 Å². The van der Waals surface area contributed by atoms with Crippen molar-refractivity contribution in [2.45, 2.75) is 19.3 Å². The molecule has 0 aliphatic carbocycles. The quantitative estimate of drug-likeness (QED) is 0.716. The lowest BCUT2D eigenvalue weighted by atomic mass is 10.1. The Morgan fingerprint density at radius 1 is 1.00 bits per heavy atom. The maximum Gasteiger partial charge on any atom is 0.387 e. The van der Waals surface area contributed by atoms with Crippen molar-refractivity contribution in [3.05, 3.63) is 82.4 Å². The van der Waals surface area contributed by atoms with Gasteiger partial charge in [-0.15, -0.1) is 0 Å². The molecule has 2 aromatic carbocycles. The van der Waals surface area contributed by atoms with E-state index >= 15 is 0 Å². The summed E-state index contributed by atoms with van der Waals surface area (Å²) in [6.07, 6.45) is -1.08. The molecule has 1 N–H and O–H groups in total. The van der Waals surface area contributed by atoms with Crippen LogP contribution in [0.5, 0.6) is 5.75 Å². The van der Waals surface area contributed by atoms with Gasteiger partial charge in [0.25, 0.3) is 5.56 Å². The number of rotatable bonds is 6. The Hall–Kier alpha value is -3.13. The van der Waals surface area contributed by atoms with E-state index in [1.807, 2.05) is 0 Å². The van der Waals surface area contributed by atoms with Crippen molar-refractivity contribution in [2.75, 3.05) is 0 Å². The molecule has 3 rings (SSSR count). The minimum atomic E-state index is -2.93. The number of benzene rings is 2. The van der Waals surface area contributed by atoms with Gasteiger partial charge in [0, 0.05) is 11.6 Å². The summed E-state index contributed by atoms with van der Waals surface area (Å²) in [7, 11) is 0. The van der Waals surface area contributed by atoms with Crippen LogP contribution in [0, 0.1) is 5.82 Å². The molecule has 3 aromatic rings. The highest BCUT2D eigenvalue weighted by Gasteiger charge is 2.12. The minimum Gasteiger partial charge on any atom is -0.435 e. The summed E-state index contributed by atoms with van der Waals surface area (Å²) in [5.41, 5.74) is 1.06. The molecule has 0 saturated carbocycles. The van der Waals surface area contributed by atoms with Gasteiger partial charge in [-0.1, -0.05) is 12.1 Å². The number of hydrogen-bond donors (Lipinski definition) is 1. The Balaban J connectivity index is 1.79. The maximum absolute atomic E-state index is 13.0. The third-order valence-electron chi connectivity index (χ3n) is 3.84. The Labute approximate surface area is 152 Å². The minimum absolute atomic E-state index is 0.0328. The molecule has 0 saturated heterocycles. The van der Waals surface area contributed by atoms with E-state index in [0.717, 1.165) is 4.68 Å². The largest absolute Gasteiger partial charge is 0.435 e. The predicted molar refractivity (Wildman–Crippen MR) is 91.9 cm³/mol. The second kappa shape index (κ2) is 8.05. The predicted octanol–water partition coefficient (Wildman–Crippen LogP) is 3.38. The van der Waals surface area contributed by atoms with Gasteiger partial charge >= 0.3 is 6.61 Å². The number of alkyl halides is 2. The smallest absolute Gasteiger partial charge is 0.387 e. The normalized spacial score (nSPS) is 12.2. The average Bonchev–Trinajstić information content (AvgIpc) is 2.64. The van der Waals surface area contributed by atoms with E-state index in [0.29, 0.717) is 16.8 Å². The lowest BCUT2D eigenvalue weighted by Gasteiger charge is -2.14. The second-order valence-electron chi connectivity index (χ2n) is 5.71. The Kier molecular flexibility index (Phi) is 5.56. The molecule has 0 bridgehead atoms. The van der Waals surface area contributed by atoms with E-state index in [4.69, 9.17) is 0 Å². The fourth-order valence-corrected chi connectivity index (χ4v) is 2.49.